The van der Waals surface area contributed by atoms with Crippen LogP contribution >= 0.6 is 0 Å². The molecule has 1 rings (SSSR count). The summed E-state index contributed by atoms with van der Waals surface area (Å²) in [6, 6.07) is -4.79. The molecule has 5 atom stereocenters. The number of hydrogen-bond acceptors (Lipinski definition) is 8. The van der Waals surface area contributed by atoms with Gasteiger partial charge in [-0.05, 0) is 32.1 Å². The van der Waals surface area contributed by atoms with E-state index >= 15 is 0 Å². The molecule has 208 valence electrons. The van der Waals surface area contributed by atoms with Gasteiger partial charge in [-0.3, -0.25) is 19.4 Å². The molecule has 15 nitrogen and oxygen atoms in total. The third-order valence-electron chi connectivity index (χ3n) is 5.29. The van der Waals surface area contributed by atoms with Crippen molar-refractivity contribution in [1.29, 1.82) is 0 Å². The zero-order chi connectivity index (χ0) is 28.1. The average Bonchev–Trinajstić information content (AvgIpc) is 3.30. The Morgan fingerprint density at radius 3 is 2.22 bits per heavy atom. The standard InChI is InChI=1S/C22H39N9O6/c1-11(2)7-16(19(34)29-15(21(36)37)5-4-6-27-22(24)25)30-20(35)17(12(3)32)31-18(33)14(23)8-13-9-26-10-28-13/h9-12,14-17,32H,4-8,23H2,1-3H3,(H,26,28)(H,29,34)(H,30,35)(H,31,33)(H,36,37)(H4,24,25,27). The number of aliphatic imine (C=N–C) groups is 1. The van der Waals surface area contributed by atoms with E-state index in [0.29, 0.717) is 12.1 Å². The first-order chi connectivity index (χ1) is 17.3. The fourth-order valence-electron chi connectivity index (χ4n) is 3.39. The summed E-state index contributed by atoms with van der Waals surface area (Å²) in [5.41, 5.74) is 17.0. The van der Waals surface area contributed by atoms with Crippen LogP contribution in [0.2, 0.25) is 0 Å². The third kappa shape index (κ3) is 11.7. The number of rotatable bonds is 16. The van der Waals surface area contributed by atoms with E-state index in [2.05, 4.69) is 30.9 Å². The monoisotopic (exact) mass is 525 g/mol. The molecule has 12 N–H and O–H groups in total. The highest BCUT2D eigenvalue weighted by atomic mass is 16.4. The molecule has 1 aromatic heterocycles. The van der Waals surface area contributed by atoms with Gasteiger partial charge in [0.05, 0.1) is 18.5 Å². The van der Waals surface area contributed by atoms with Crippen LogP contribution in [0, 0.1) is 5.92 Å². The van der Waals surface area contributed by atoms with Crippen LogP contribution in [-0.2, 0) is 25.6 Å². The highest BCUT2D eigenvalue weighted by molar-refractivity contribution is 5.94. The lowest BCUT2D eigenvalue weighted by Gasteiger charge is -2.27. The van der Waals surface area contributed by atoms with Gasteiger partial charge in [-0.1, -0.05) is 13.8 Å². The number of carboxylic acid groups (broad SMARTS) is 1. The number of guanidine groups is 1. The Balaban J connectivity index is 2.87. The number of nitrogens with zero attached hydrogens (tertiary/aromatic N) is 2. The Labute approximate surface area is 215 Å². The summed E-state index contributed by atoms with van der Waals surface area (Å²) >= 11 is 0. The molecule has 1 heterocycles. The van der Waals surface area contributed by atoms with Gasteiger partial charge in [0, 0.05) is 24.9 Å². The predicted octanol–water partition coefficient (Wildman–Crippen LogP) is -2.70. The minimum atomic E-state index is -1.40. The predicted molar refractivity (Wildman–Crippen MR) is 135 cm³/mol. The van der Waals surface area contributed by atoms with Gasteiger partial charge in [0.1, 0.15) is 18.1 Å². The third-order valence-corrected chi connectivity index (χ3v) is 5.29. The van der Waals surface area contributed by atoms with Crippen LogP contribution in [0.3, 0.4) is 0 Å². The van der Waals surface area contributed by atoms with Crippen molar-refractivity contribution in [1.82, 2.24) is 25.9 Å². The fourth-order valence-corrected chi connectivity index (χ4v) is 3.39. The number of nitrogens with two attached hydrogens (primary N) is 3. The minimum absolute atomic E-state index is 0.0522. The normalized spacial score (nSPS) is 15.1. The SMILES string of the molecule is CC(C)CC(NC(=O)C(NC(=O)C(N)Cc1cnc[nH]1)C(C)O)C(=O)NC(CCCN=C(N)N)C(=O)O. The van der Waals surface area contributed by atoms with Gasteiger partial charge in [-0.2, -0.15) is 0 Å². The van der Waals surface area contributed by atoms with Crippen molar-refractivity contribution < 1.29 is 29.4 Å². The molecule has 0 aliphatic rings. The number of aliphatic carboxylic acids is 1. The number of hydrogen-bond donors (Lipinski definition) is 9. The van der Waals surface area contributed by atoms with E-state index in [4.69, 9.17) is 17.2 Å². The van der Waals surface area contributed by atoms with Gasteiger partial charge in [0.2, 0.25) is 17.7 Å². The maximum absolute atomic E-state index is 13.0. The molecule has 0 aliphatic carbocycles. The Hall–Kier alpha value is -3.72. The van der Waals surface area contributed by atoms with E-state index in [-0.39, 0.29) is 37.7 Å². The second kappa shape index (κ2) is 15.4. The Bertz CT molecular complexity index is 916. The van der Waals surface area contributed by atoms with Crippen LogP contribution in [0.1, 0.15) is 45.7 Å². The van der Waals surface area contributed by atoms with Crippen molar-refractivity contribution in [2.24, 2.45) is 28.1 Å². The number of nitrogens with one attached hydrogen (secondary N) is 4. The molecule has 0 saturated carbocycles. The number of amides is 3. The lowest BCUT2D eigenvalue weighted by molar-refractivity contribution is -0.142. The summed E-state index contributed by atoms with van der Waals surface area (Å²) in [5.74, 6) is -3.66. The van der Waals surface area contributed by atoms with E-state index in [9.17, 15) is 29.4 Å². The van der Waals surface area contributed by atoms with Crippen LogP contribution in [0.25, 0.3) is 0 Å². The van der Waals surface area contributed by atoms with Gasteiger partial charge in [0.15, 0.2) is 5.96 Å². The van der Waals surface area contributed by atoms with Crippen LogP contribution in [-0.4, -0.2) is 86.6 Å². The molecule has 0 aliphatic heterocycles. The van der Waals surface area contributed by atoms with Crippen LogP contribution in [0.5, 0.6) is 0 Å². The molecule has 0 saturated heterocycles. The topological polar surface area (TPSA) is 264 Å². The second-order valence-corrected chi connectivity index (χ2v) is 9.15. The smallest absolute Gasteiger partial charge is 0.326 e. The number of aromatic nitrogens is 2. The number of imidazole rings is 1. The number of carboxylic acids is 1. The summed E-state index contributed by atoms with van der Waals surface area (Å²) in [6.45, 7) is 5.13. The molecular weight excluding hydrogens is 486 g/mol. The molecule has 0 bridgehead atoms. The molecule has 0 spiro atoms. The van der Waals surface area contributed by atoms with Crippen molar-refractivity contribution >= 4 is 29.7 Å². The van der Waals surface area contributed by atoms with Gasteiger partial charge in [-0.15, -0.1) is 0 Å². The zero-order valence-corrected chi connectivity index (χ0v) is 21.3. The Kier molecular flexibility index (Phi) is 13.0. The lowest BCUT2D eigenvalue weighted by Crippen LogP contribution is -2.60. The van der Waals surface area contributed by atoms with Crippen molar-refractivity contribution in [3.05, 3.63) is 18.2 Å². The van der Waals surface area contributed by atoms with E-state index in [1.54, 1.807) is 0 Å². The molecule has 1 aromatic rings. The number of aliphatic hydroxyl groups is 1. The molecule has 5 unspecified atom stereocenters. The van der Waals surface area contributed by atoms with Crippen molar-refractivity contribution in [3.8, 4) is 0 Å². The summed E-state index contributed by atoms with van der Waals surface area (Å²) in [6.07, 6.45) is 2.28. The highest BCUT2D eigenvalue weighted by Gasteiger charge is 2.32. The zero-order valence-electron chi connectivity index (χ0n) is 21.3. The molecule has 0 aromatic carbocycles. The first-order valence-electron chi connectivity index (χ1n) is 11.9. The summed E-state index contributed by atoms with van der Waals surface area (Å²) < 4.78 is 0. The Morgan fingerprint density at radius 2 is 1.70 bits per heavy atom. The van der Waals surface area contributed by atoms with Gasteiger partial charge >= 0.3 is 5.97 Å². The molecule has 3 amide bonds. The maximum atomic E-state index is 13.0. The molecule has 0 radical (unpaired) electrons. The fraction of sp³-hybridized carbons (Fsp3) is 0.636. The van der Waals surface area contributed by atoms with Crippen LogP contribution in [0.4, 0.5) is 0 Å². The van der Waals surface area contributed by atoms with Gasteiger partial charge < -0.3 is 48.3 Å². The van der Waals surface area contributed by atoms with Crippen LogP contribution < -0.4 is 33.2 Å². The van der Waals surface area contributed by atoms with Crippen molar-refractivity contribution in [2.75, 3.05) is 6.54 Å². The van der Waals surface area contributed by atoms with E-state index in [1.165, 1.54) is 19.4 Å². The van der Waals surface area contributed by atoms with Gasteiger partial charge in [-0.25, -0.2) is 9.78 Å². The van der Waals surface area contributed by atoms with Crippen molar-refractivity contribution in [2.45, 2.75) is 76.7 Å². The summed E-state index contributed by atoms with van der Waals surface area (Å²) in [7, 11) is 0. The lowest BCUT2D eigenvalue weighted by atomic mass is 10.0. The van der Waals surface area contributed by atoms with Crippen LogP contribution in [0.15, 0.2) is 17.5 Å². The summed E-state index contributed by atoms with van der Waals surface area (Å²) in [4.78, 5) is 60.5. The number of carbonyl (C=O) groups is 4. The number of H-pyrrole nitrogens is 1. The first-order valence-corrected chi connectivity index (χ1v) is 11.9. The quantitative estimate of drug-likeness (QED) is 0.0612. The molecule has 0 fully saturated rings. The maximum Gasteiger partial charge on any atom is 0.326 e. The highest BCUT2D eigenvalue weighted by Crippen LogP contribution is 2.08. The van der Waals surface area contributed by atoms with Gasteiger partial charge in [0.25, 0.3) is 0 Å². The van der Waals surface area contributed by atoms with Crippen molar-refractivity contribution in [3.63, 3.8) is 0 Å². The van der Waals surface area contributed by atoms with E-state index in [1.807, 2.05) is 13.8 Å². The first kappa shape index (κ1) is 31.3. The van der Waals surface area contributed by atoms with E-state index < -0.39 is 54.0 Å². The number of aliphatic hydroxyl groups excluding tert-OH is 1. The van der Waals surface area contributed by atoms with E-state index in [0.717, 1.165) is 0 Å². The largest absolute Gasteiger partial charge is 0.480 e. The molecular formula is C22H39N9O6. The average molecular weight is 526 g/mol. The molecule has 37 heavy (non-hydrogen) atoms. The second-order valence-electron chi connectivity index (χ2n) is 9.15. The Morgan fingerprint density at radius 1 is 1.05 bits per heavy atom. The summed E-state index contributed by atoms with van der Waals surface area (Å²) in [5, 5.41) is 27.0. The number of aromatic amines is 1. The number of carbonyl (C=O) groups excluding carboxylic acids is 3. The minimum Gasteiger partial charge on any atom is -0.480 e. The molecule has 15 heteroatoms.